The van der Waals surface area contributed by atoms with Crippen molar-refractivity contribution in [2.24, 2.45) is 5.73 Å². The smallest absolute Gasteiger partial charge is 0.128 e. The summed E-state index contributed by atoms with van der Waals surface area (Å²) in [6, 6.07) is 12.2. The van der Waals surface area contributed by atoms with Gasteiger partial charge >= 0.3 is 0 Å². The number of halogens is 2. The highest BCUT2D eigenvalue weighted by molar-refractivity contribution is 5.45. The highest BCUT2D eigenvalue weighted by Gasteiger charge is 2.14. The Kier molecular flexibility index (Phi) is 3.89. The maximum absolute atomic E-state index is 13.6. The number of para-hydroxylation sites is 1. The van der Waals surface area contributed by atoms with Crippen LogP contribution in [0.2, 0.25) is 0 Å². The summed E-state index contributed by atoms with van der Waals surface area (Å²) in [5.74, 6) is -0.935. The van der Waals surface area contributed by atoms with Gasteiger partial charge in [0.15, 0.2) is 0 Å². The van der Waals surface area contributed by atoms with E-state index in [9.17, 15) is 8.78 Å². The van der Waals surface area contributed by atoms with Crippen LogP contribution in [0.3, 0.4) is 0 Å². The van der Waals surface area contributed by atoms with Crippen LogP contribution < -0.4 is 11.1 Å². The number of hydrogen-bond acceptors (Lipinski definition) is 2. The molecule has 94 valence electrons. The number of nitrogens with one attached hydrogen (secondary N) is 1. The highest BCUT2D eigenvalue weighted by Crippen LogP contribution is 2.22. The van der Waals surface area contributed by atoms with Crippen LogP contribution in [0.4, 0.5) is 14.5 Å². The third-order valence-corrected chi connectivity index (χ3v) is 2.68. The normalized spacial score (nSPS) is 12.2. The van der Waals surface area contributed by atoms with Crippen molar-refractivity contribution in [3.05, 3.63) is 65.7 Å². The van der Waals surface area contributed by atoms with Crippen molar-refractivity contribution in [2.45, 2.75) is 6.04 Å². The molecular weight excluding hydrogens is 234 g/mol. The Bertz CT molecular complexity index is 514. The topological polar surface area (TPSA) is 38.0 Å². The molecule has 0 radical (unpaired) electrons. The molecule has 0 bridgehead atoms. The summed E-state index contributed by atoms with van der Waals surface area (Å²) in [5.41, 5.74) is 6.67. The largest absolute Gasteiger partial charge is 0.377 e. The summed E-state index contributed by atoms with van der Waals surface area (Å²) >= 11 is 0. The van der Waals surface area contributed by atoms with E-state index in [2.05, 4.69) is 5.32 Å². The van der Waals surface area contributed by atoms with Gasteiger partial charge in [-0.2, -0.15) is 0 Å². The predicted molar refractivity (Wildman–Crippen MR) is 68.2 cm³/mol. The highest BCUT2D eigenvalue weighted by atomic mass is 19.1. The standard InChI is InChI=1S/C14H14F2N2/c15-10-6-7-13(16)12(8-10)14(9-17)18-11-4-2-1-3-5-11/h1-8,14,18H,9,17H2. The van der Waals surface area contributed by atoms with E-state index in [1.807, 2.05) is 30.3 Å². The van der Waals surface area contributed by atoms with Crippen molar-refractivity contribution in [1.29, 1.82) is 0 Å². The van der Waals surface area contributed by atoms with Crippen molar-refractivity contribution in [3.63, 3.8) is 0 Å². The van der Waals surface area contributed by atoms with Gasteiger partial charge in [0.25, 0.3) is 0 Å². The molecule has 0 aliphatic heterocycles. The summed E-state index contributed by atoms with van der Waals surface area (Å²) in [7, 11) is 0. The van der Waals surface area contributed by atoms with Gasteiger partial charge in [0, 0.05) is 17.8 Å². The third-order valence-electron chi connectivity index (χ3n) is 2.68. The van der Waals surface area contributed by atoms with Crippen LogP contribution in [0, 0.1) is 11.6 Å². The second-order valence-electron chi connectivity index (χ2n) is 3.96. The first-order chi connectivity index (χ1) is 8.70. The van der Waals surface area contributed by atoms with Gasteiger partial charge in [-0.25, -0.2) is 8.78 Å². The second-order valence-corrected chi connectivity index (χ2v) is 3.96. The molecule has 0 spiro atoms. The molecule has 2 nitrogen and oxygen atoms in total. The Hall–Kier alpha value is -1.94. The molecule has 0 heterocycles. The Morgan fingerprint density at radius 2 is 1.78 bits per heavy atom. The van der Waals surface area contributed by atoms with E-state index in [4.69, 9.17) is 5.73 Å². The zero-order valence-electron chi connectivity index (χ0n) is 9.74. The van der Waals surface area contributed by atoms with Crippen molar-refractivity contribution < 1.29 is 8.78 Å². The van der Waals surface area contributed by atoms with Crippen molar-refractivity contribution in [2.75, 3.05) is 11.9 Å². The van der Waals surface area contributed by atoms with Gasteiger partial charge < -0.3 is 11.1 Å². The molecule has 2 aromatic rings. The molecule has 0 aliphatic carbocycles. The van der Waals surface area contributed by atoms with E-state index in [0.29, 0.717) is 0 Å². The molecule has 0 fully saturated rings. The lowest BCUT2D eigenvalue weighted by Crippen LogP contribution is -2.21. The molecule has 0 amide bonds. The van der Waals surface area contributed by atoms with E-state index in [-0.39, 0.29) is 12.1 Å². The Labute approximate surface area is 104 Å². The van der Waals surface area contributed by atoms with Gasteiger partial charge in [0.05, 0.1) is 6.04 Å². The molecule has 2 rings (SSSR count). The monoisotopic (exact) mass is 248 g/mol. The van der Waals surface area contributed by atoms with Crippen LogP contribution in [0.1, 0.15) is 11.6 Å². The van der Waals surface area contributed by atoms with Crippen molar-refractivity contribution in [3.8, 4) is 0 Å². The molecule has 1 unspecified atom stereocenters. The van der Waals surface area contributed by atoms with Crippen molar-refractivity contribution >= 4 is 5.69 Å². The molecule has 4 heteroatoms. The first-order valence-electron chi connectivity index (χ1n) is 5.67. The summed E-state index contributed by atoms with van der Waals surface area (Å²) < 4.78 is 26.8. The van der Waals surface area contributed by atoms with Gasteiger partial charge in [-0.1, -0.05) is 18.2 Å². The van der Waals surface area contributed by atoms with Gasteiger partial charge in [-0.15, -0.1) is 0 Å². The third kappa shape index (κ3) is 2.84. The van der Waals surface area contributed by atoms with Crippen LogP contribution in [0.15, 0.2) is 48.5 Å². The molecule has 1 atom stereocenters. The maximum Gasteiger partial charge on any atom is 0.128 e. The Morgan fingerprint density at radius 3 is 2.44 bits per heavy atom. The summed E-state index contributed by atoms with van der Waals surface area (Å²) in [6.45, 7) is 0.176. The Balaban J connectivity index is 2.26. The van der Waals surface area contributed by atoms with E-state index >= 15 is 0 Å². The number of rotatable bonds is 4. The minimum atomic E-state index is -0.472. The predicted octanol–water partition coefficient (Wildman–Crippen LogP) is 3.08. The van der Waals surface area contributed by atoms with Crippen LogP contribution in [-0.4, -0.2) is 6.54 Å². The zero-order valence-corrected chi connectivity index (χ0v) is 9.74. The molecule has 18 heavy (non-hydrogen) atoms. The lowest BCUT2D eigenvalue weighted by Gasteiger charge is -2.19. The molecule has 2 aromatic carbocycles. The zero-order chi connectivity index (χ0) is 13.0. The first kappa shape index (κ1) is 12.5. The van der Waals surface area contributed by atoms with Crippen LogP contribution in [0.25, 0.3) is 0 Å². The summed E-state index contributed by atoms with van der Waals surface area (Å²) in [5, 5.41) is 3.08. The van der Waals surface area contributed by atoms with Crippen LogP contribution >= 0.6 is 0 Å². The average Bonchev–Trinajstić information content (AvgIpc) is 2.40. The summed E-state index contributed by atoms with van der Waals surface area (Å²) in [6.07, 6.45) is 0. The molecular formula is C14H14F2N2. The minimum absolute atomic E-state index is 0.176. The number of hydrogen-bond donors (Lipinski definition) is 2. The molecule has 0 saturated carbocycles. The molecule has 0 aliphatic rings. The average molecular weight is 248 g/mol. The SMILES string of the molecule is NCC(Nc1ccccc1)c1cc(F)ccc1F. The minimum Gasteiger partial charge on any atom is -0.377 e. The van der Waals surface area contributed by atoms with E-state index < -0.39 is 17.7 Å². The fraction of sp³-hybridized carbons (Fsp3) is 0.143. The van der Waals surface area contributed by atoms with Gasteiger partial charge in [0.2, 0.25) is 0 Å². The maximum atomic E-state index is 13.6. The fourth-order valence-corrected chi connectivity index (χ4v) is 1.78. The quantitative estimate of drug-likeness (QED) is 0.872. The number of benzene rings is 2. The number of nitrogens with two attached hydrogens (primary N) is 1. The summed E-state index contributed by atoms with van der Waals surface area (Å²) in [4.78, 5) is 0. The van der Waals surface area contributed by atoms with E-state index in [0.717, 1.165) is 17.8 Å². The van der Waals surface area contributed by atoms with Crippen molar-refractivity contribution in [1.82, 2.24) is 0 Å². The van der Waals surface area contributed by atoms with Gasteiger partial charge in [0.1, 0.15) is 11.6 Å². The van der Waals surface area contributed by atoms with E-state index in [1.165, 1.54) is 6.07 Å². The molecule has 0 aromatic heterocycles. The second kappa shape index (κ2) is 5.60. The Morgan fingerprint density at radius 1 is 1.06 bits per heavy atom. The first-order valence-corrected chi connectivity index (χ1v) is 5.67. The lowest BCUT2D eigenvalue weighted by atomic mass is 10.1. The van der Waals surface area contributed by atoms with E-state index in [1.54, 1.807) is 0 Å². The van der Waals surface area contributed by atoms with Gasteiger partial charge in [-0.3, -0.25) is 0 Å². The van der Waals surface area contributed by atoms with Crippen LogP contribution in [-0.2, 0) is 0 Å². The number of anilines is 1. The molecule has 3 N–H and O–H groups in total. The lowest BCUT2D eigenvalue weighted by molar-refractivity contribution is 0.572. The molecule has 0 saturated heterocycles. The van der Waals surface area contributed by atoms with Gasteiger partial charge in [-0.05, 0) is 30.3 Å². The fourth-order valence-electron chi connectivity index (χ4n) is 1.78. The van der Waals surface area contributed by atoms with Crippen LogP contribution in [0.5, 0.6) is 0 Å².